The van der Waals surface area contributed by atoms with E-state index in [1.807, 2.05) is 26.0 Å². The Labute approximate surface area is 109 Å². The van der Waals surface area contributed by atoms with Crippen molar-refractivity contribution in [3.8, 4) is 0 Å². The van der Waals surface area contributed by atoms with Crippen LogP contribution in [0, 0.1) is 5.92 Å². The number of rotatable bonds is 3. The molecule has 0 aromatic heterocycles. The van der Waals surface area contributed by atoms with Gasteiger partial charge in [0.2, 0.25) is 5.91 Å². The molecule has 1 aromatic rings. The van der Waals surface area contributed by atoms with Crippen molar-refractivity contribution in [2.24, 2.45) is 11.7 Å². The summed E-state index contributed by atoms with van der Waals surface area (Å²) in [5, 5.41) is 2.99. The Morgan fingerprint density at radius 2 is 2.00 bits per heavy atom. The second kappa shape index (κ2) is 5.53. The Morgan fingerprint density at radius 3 is 2.72 bits per heavy atom. The van der Waals surface area contributed by atoms with Gasteiger partial charge < -0.3 is 11.1 Å². The Kier molecular flexibility index (Phi) is 4.02. The highest BCUT2D eigenvalue weighted by molar-refractivity contribution is 5.95. The second-order valence-corrected chi connectivity index (χ2v) is 5.41. The number of nitrogens with two attached hydrogens (primary N) is 1. The van der Waals surface area contributed by atoms with Crippen LogP contribution in [0.25, 0.3) is 0 Å². The van der Waals surface area contributed by atoms with Crippen molar-refractivity contribution in [2.45, 2.75) is 45.6 Å². The monoisotopic (exact) mass is 246 g/mol. The maximum atomic E-state index is 12.0. The number of hydrogen-bond acceptors (Lipinski definition) is 2. The van der Waals surface area contributed by atoms with Crippen LogP contribution in [0.1, 0.15) is 37.8 Å². The Morgan fingerprint density at radius 1 is 1.28 bits per heavy atom. The summed E-state index contributed by atoms with van der Waals surface area (Å²) in [7, 11) is 0. The van der Waals surface area contributed by atoms with E-state index in [-0.39, 0.29) is 11.8 Å². The van der Waals surface area contributed by atoms with Gasteiger partial charge in [-0.3, -0.25) is 4.79 Å². The summed E-state index contributed by atoms with van der Waals surface area (Å²) in [4.78, 5) is 12.0. The molecule has 3 heteroatoms. The summed E-state index contributed by atoms with van der Waals surface area (Å²) in [5.41, 5.74) is 9.50. The summed E-state index contributed by atoms with van der Waals surface area (Å²) in [6.45, 7) is 3.93. The highest BCUT2D eigenvalue weighted by Crippen LogP contribution is 2.27. The minimum Gasteiger partial charge on any atom is -0.324 e. The summed E-state index contributed by atoms with van der Waals surface area (Å²) >= 11 is 0. The van der Waals surface area contributed by atoms with Gasteiger partial charge in [0.1, 0.15) is 0 Å². The number of benzene rings is 1. The molecular formula is C15H22N2O. The van der Waals surface area contributed by atoms with Gasteiger partial charge in [0.05, 0.1) is 6.04 Å². The number of amides is 1. The van der Waals surface area contributed by atoms with Crippen LogP contribution < -0.4 is 11.1 Å². The number of carbonyl (C=O) groups excluding carboxylic acids is 1. The van der Waals surface area contributed by atoms with E-state index >= 15 is 0 Å². The van der Waals surface area contributed by atoms with E-state index in [1.165, 1.54) is 24.0 Å². The lowest BCUT2D eigenvalue weighted by Crippen LogP contribution is -2.40. The van der Waals surface area contributed by atoms with E-state index in [2.05, 4.69) is 11.4 Å². The van der Waals surface area contributed by atoms with Crippen LogP contribution in [0.5, 0.6) is 0 Å². The number of aryl methyl sites for hydroxylation is 1. The molecule has 0 bridgehead atoms. The lowest BCUT2D eigenvalue weighted by Gasteiger charge is -2.21. The third-order valence-electron chi connectivity index (χ3n) is 3.67. The van der Waals surface area contributed by atoms with E-state index in [1.54, 1.807) is 0 Å². The van der Waals surface area contributed by atoms with Gasteiger partial charge in [0.15, 0.2) is 0 Å². The van der Waals surface area contributed by atoms with Gasteiger partial charge in [-0.15, -0.1) is 0 Å². The van der Waals surface area contributed by atoms with Crippen molar-refractivity contribution in [1.29, 1.82) is 0 Å². The van der Waals surface area contributed by atoms with Gasteiger partial charge >= 0.3 is 0 Å². The zero-order valence-electron chi connectivity index (χ0n) is 11.2. The molecule has 1 amide bonds. The average Bonchev–Trinajstić information content (AvgIpc) is 2.38. The Hall–Kier alpha value is -1.35. The predicted octanol–water partition coefficient (Wildman–Crippen LogP) is 2.49. The smallest absolute Gasteiger partial charge is 0.241 e. The van der Waals surface area contributed by atoms with Crippen LogP contribution in [-0.2, 0) is 17.6 Å². The molecule has 0 aliphatic heterocycles. The molecule has 0 radical (unpaired) electrons. The molecule has 3 nitrogen and oxygen atoms in total. The summed E-state index contributed by atoms with van der Waals surface area (Å²) in [5.74, 6) is 0.0773. The third kappa shape index (κ3) is 2.72. The van der Waals surface area contributed by atoms with E-state index in [4.69, 9.17) is 5.73 Å². The second-order valence-electron chi connectivity index (χ2n) is 5.41. The van der Waals surface area contributed by atoms with Crippen molar-refractivity contribution < 1.29 is 4.79 Å². The zero-order chi connectivity index (χ0) is 13.1. The fourth-order valence-electron chi connectivity index (χ4n) is 2.42. The molecule has 1 aromatic carbocycles. The van der Waals surface area contributed by atoms with E-state index in [0.29, 0.717) is 0 Å². The zero-order valence-corrected chi connectivity index (χ0v) is 11.2. The number of anilines is 1. The lowest BCUT2D eigenvalue weighted by atomic mass is 9.90. The van der Waals surface area contributed by atoms with Crippen molar-refractivity contribution in [3.05, 3.63) is 29.3 Å². The van der Waals surface area contributed by atoms with Crippen LogP contribution in [0.15, 0.2) is 18.2 Å². The minimum atomic E-state index is -0.440. The first-order valence-corrected chi connectivity index (χ1v) is 6.77. The average molecular weight is 246 g/mol. The summed E-state index contributed by atoms with van der Waals surface area (Å²) < 4.78 is 0. The normalized spacial score (nSPS) is 16.2. The summed E-state index contributed by atoms with van der Waals surface area (Å²) in [6.07, 6.45) is 4.63. The van der Waals surface area contributed by atoms with Gasteiger partial charge in [-0.2, -0.15) is 0 Å². The summed E-state index contributed by atoms with van der Waals surface area (Å²) in [6, 6.07) is 5.71. The van der Waals surface area contributed by atoms with Crippen LogP contribution in [0.4, 0.5) is 5.69 Å². The van der Waals surface area contributed by atoms with E-state index in [9.17, 15) is 4.79 Å². The first-order valence-electron chi connectivity index (χ1n) is 6.77. The molecule has 98 valence electrons. The molecule has 0 saturated heterocycles. The van der Waals surface area contributed by atoms with Gasteiger partial charge in [-0.05, 0) is 48.8 Å². The number of carbonyl (C=O) groups is 1. The molecule has 0 spiro atoms. The van der Waals surface area contributed by atoms with Crippen LogP contribution in [-0.4, -0.2) is 11.9 Å². The molecule has 1 aliphatic carbocycles. The van der Waals surface area contributed by atoms with Crippen molar-refractivity contribution in [3.63, 3.8) is 0 Å². The molecule has 1 unspecified atom stereocenters. The fourth-order valence-corrected chi connectivity index (χ4v) is 2.42. The maximum Gasteiger partial charge on any atom is 0.241 e. The van der Waals surface area contributed by atoms with Gasteiger partial charge in [-0.25, -0.2) is 0 Å². The minimum absolute atomic E-state index is 0.0797. The van der Waals surface area contributed by atoms with E-state index in [0.717, 1.165) is 18.5 Å². The van der Waals surface area contributed by atoms with Crippen molar-refractivity contribution in [2.75, 3.05) is 5.32 Å². The van der Waals surface area contributed by atoms with Gasteiger partial charge in [-0.1, -0.05) is 26.0 Å². The molecule has 3 N–H and O–H groups in total. The Balaban J connectivity index is 2.17. The van der Waals surface area contributed by atoms with E-state index < -0.39 is 6.04 Å². The standard InChI is InChI=1S/C15H22N2O/c1-10(2)14(16)15(18)17-13-9-5-7-11-6-3-4-8-12(11)13/h5,7,9-10,14H,3-4,6,8,16H2,1-2H3,(H,17,18). The van der Waals surface area contributed by atoms with Crippen LogP contribution >= 0.6 is 0 Å². The molecule has 2 rings (SSSR count). The number of fused-ring (bicyclic) bond motifs is 1. The van der Waals surface area contributed by atoms with Crippen molar-refractivity contribution in [1.82, 2.24) is 0 Å². The number of hydrogen-bond donors (Lipinski definition) is 2. The molecule has 0 saturated carbocycles. The quantitative estimate of drug-likeness (QED) is 0.861. The molecule has 0 fully saturated rings. The first-order chi connectivity index (χ1) is 8.59. The largest absolute Gasteiger partial charge is 0.324 e. The van der Waals surface area contributed by atoms with Crippen LogP contribution in [0.2, 0.25) is 0 Å². The fraction of sp³-hybridized carbons (Fsp3) is 0.533. The third-order valence-corrected chi connectivity index (χ3v) is 3.67. The van der Waals surface area contributed by atoms with Crippen LogP contribution in [0.3, 0.4) is 0 Å². The van der Waals surface area contributed by atoms with Gasteiger partial charge in [0, 0.05) is 5.69 Å². The lowest BCUT2D eigenvalue weighted by molar-refractivity contribution is -0.118. The van der Waals surface area contributed by atoms with Crippen molar-refractivity contribution >= 4 is 11.6 Å². The SMILES string of the molecule is CC(C)C(N)C(=O)Nc1cccc2c1CCCC2. The molecule has 1 atom stereocenters. The molecule has 18 heavy (non-hydrogen) atoms. The highest BCUT2D eigenvalue weighted by atomic mass is 16.2. The molecule has 0 heterocycles. The molecule has 1 aliphatic rings. The topological polar surface area (TPSA) is 55.1 Å². The predicted molar refractivity (Wildman–Crippen MR) is 74.5 cm³/mol. The Bertz CT molecular complexity index is 440. The molecular weight excluding hydrogens is 224 g/mol. The first kappa shape index (κ1) is 13.1. The highest BCUT2D eigenvalue weighted by Gasteiger charge is 2.19. The number of nitrogens with one attached hydrogen (secondary N) is 1. The maximum absolute atomic E-state index is 12.0. The van der Waals surface area contributed by atoms with Gasteiger partial charge in [0.25, 0.3) is 0 Å².